The number of benzene rings is 2. The van der Waals surface area contributed by atoms with Crippen LogP contribution in [0.1, 0.15) is 55.5 Å². The maximum atomic E-state index is 13.2. The summed E-state index contributed by atoms with van der Waals surface area (Å²) in [5.41, 5.74) is 1.50. The summed E-state index contributed by atoms with van der Waals surface area (Å²) in [6, 6.07) is 11.1. The van der Waals surface area contributed by atoms with E-state index in [0.29, 0.717) is 5.69 Å². The molecule has 3 rings (SSSR count). The van der Waals surface area contributed by atoms with Crippen molar-refractivity contribution in [1.82, 2.24) is 4.72 Å². The first-order valence-corrected chi connectivity index (χ1v) is 12.9. The number of carbonyl (C=O) groups excluding carboxylic acids is 2. The quantitative estimate of drug-likeness (QED) is 0.543. The van der Waals surface area contributed by atoms with Crippen LogP contribution >= 0.6 is 0 Å². The highest BCUT2D eigenvalue weighted by Crippen LogP contribution is 2.29. The fourth-order valence-electron chi connectivity index (χ4n) is 4.00. The van der Waals surface area contributed by atoms with Crippen molar-refractivity contribution < 1.29 is 27.5 Å². The zero-order valence-electron chi connectivity index (χ0n) is 20.0. The summed E-state index contributed by atoms with van der Waals surface area (Å²) >= 11 is 0. The Labute approximate surface area is 201 Å². The van der Waals surface area contributed by atoms with Crippen LogP contribution in [0, 0.1) is 12.8 Å². The van der Waals surface area contributed by atoms with Crippen LogP contribution in [0.2, 0.25) is 0 Å². The van der Waals surface area contributed by atoms with Crippen LogP contribution in [0.4, 0.5) is 5.69 Å². The van der Waals surface area contributed by atoms with Crippen LogP contribution in [0.5, 0.6) is 5.75 Å². The Hall–Kier alpha value is -2.91. The molecule has 184 valence electrons. The van der Waals surface area contributed by atoms with Crippen molar-refractivity contribution in [2.75, 3.05) is 12.4 Å². The van der Waals surface area contributed by atoms with E-state index >= 15 is 0 Å². The van der Waals surface area contributed by atoms with Crippen LogP contribution in [0.3, 0.4) is 0 Å². The number of rotatable bonds is 8. The Morgan fingerprint density at radius 2 is 1.79 bits per heavy atom. The molecule has 3 unspecified atom stereocenters. The van der Waals surface area contributed by atoms with E-state index in [2.05, 4.69) is 10.0 Å². The molecule has 1 aliphatic rings. The fourth-order valence-corrected chi connectivity index (χ4v) is 5.57. The maximum absolute atomic E-state index is 13.2. The summed E-state index contributed by atoms with van der Waals surface area (Å²) in [4.78, 5) is 25.1. The van der Waals surface area contributed by atoms with Crippen LogP contribution in [0.15, 0.2) is 47.4 Å². The highest BCUT2D eigenvalue weighted by Gasteiger charge is 2.30. The molecule has 0 aliphatic heterocycles. The average molecular weight is 489 g/mol. The molecule has 0 saturated heterocycles. The molecule has 0 aromatic heterocycles. The Balaban J connectivity index is 1.75. The standard InChI is InChI=1S/C25H32N2O6S/c1-16-9-5-7-11-20(16)26-24(28)18(3)33-25(29)19-13-14-22(32-4)23(15-19)34(30,31)27-21-12-8-6-10-17(21)2/h5,7,9,11,13-15,17-18,21,27H,6,8,10,12H2,1-4H3,(H,26,28). The first-order chi connectivity index (χ1) is 16.1. The van der Waals surface area contributed by atoms with Gasteiger partial charge in [-0.05, 0) is 62.4 Å². The normalized spacial score (nSPS) is 19.2. The van der Waals surface area contributed by atoms with E-state index in [0.717, 1.165) is 31.2 Å². The number of ether oxygens (including phenoxy) is 2. The molecule has 1 aliphatic carbocycles. The first-order valence-electron chi connectivity index (χ1n) is 11.4. The number of carbonyl (C=O) groups is 2. The van der Waals surface area contributed by atoms with Gasteiger partial charge in [0.1, 0.15) is 10.6 Å². The lowest BCUT2D eigenvalue weighted by Gasteiger charge is -2.29. The lowest BCUT2D eigenvalue weighted by atomic mass is 9.87. The third-order valence-corrected chi connectivity index (χ3v) is 7.67. The third kappa shape index (κ3) is 6.15. The Bertz CT molecular complexity index is 1150. The summed E-state index contributed by atoms with van der Waals surface area (Å²) in [6.45, 7) is 5.34. The van der Waals surface area contributed by atoms with Crippen molar-refractivity contribution >= 4 is 27.6 Å². The summed E-state index contributed by atoms with van der Waals surface area (Å²) in [7, 11) is -2.58. The van der Waals surface area contributed by atoms with Gasteiger partial charge in [0.15, 0.2) is 6.10 Å². The molecule has 1 saturated carbocycles. The van der Waals surface area contributed by atoms with Crippen LogP contribution in [-0.2, 0) is 19.6 Å². The van der Waals surface area contributed by atoms with Crippen LogP contribution in [-0.4, -0.2) is 39.5 Å². The van der Waals surface area contributed by atoms with E-state index in [4.69, 9.17) is 9.47 Å². The summed E-state index contributed by atoms with van der Waals surface area (Å²) in [5, 5.41) is 2.73. The van der Waals surface area contributed by atoms with Crippen molar-refractivity contribution in [3.05, 3.63) is 53.6 Å². The monoisotopic (exact) mass is 488 g/mol. The van der Waals surface area contributed by atoms with Gasteiger partial charge in [0.2, 0.25) is 10.0 Å². The van der Waals surface area contributed by atoms with Crippen molar-refractivity contribution in [2.45, 2.75) is 63.5 Å². The molecule has 34 heavy (non-hydrogen) atoms. The Morgan fingerprint density at radius 3 is 2.47 bits per heavy atom. The van der Waals surface area contributed by atoms with Gasteiger partial charge in [-0.15, -0.1) is 0 Å². The largest absolute Gasteiger partial charge is 0.495 e. The lowest BCUT2D eigenvalue weighted by Crippen LogP contribution is -2.41. The number of hydrogen-bond donors (Lipinski definition) is 2. The zero-order valence-corrected chi connectivity index (χ0v) is 20.8. The van der Waals surface area contributed by atoms with E-state index in [1.54, 1.807) is 12.1 Å². The molecule has 1 amide bonds. The second-order valence-electron chi connectivity index (χ2n) is 8.71. The number of aryl methyl sites for hydroxylation is 1. The molecule has 2 aromatic carbocycles. The van der Waals surface area contributed by atoms with E-state index in [9.17, 15) is 18.0 Å². The molecule has 2 aromatic rings. The van der Waals surface area contributed by atoms with Crippen molar-refractivity contribution in [1.29, 1.82) is 0 Å². The molecule has 9 heteroatoms. The topological polar surface area (TPSA) is 111 Å². The van der Waals surface area contributed by atoms with E-state index in [1.807, 2.05) is 26.0 Å². The summed E-state index contributed by atoms with van der Waals surface area (Å²) in [6.07, 6.45) is 2.68. The third-order valence-electron chi connectivity index (χ3n) is 6.16. The lowest BCUT2D eigenvalue weighted by molar-refractivity contribution is -0.123. The number of anilines is 1. The second-order valence-corrected chi connectivity index (χ2v) is 10.4. The van der Waals surface area contributed by atoms with E-state index in [1.165, 1.54) is 32.2 Å². The SMILES string of the molecule is COc1ccc(C(=O)OC(C)C(=O)Nc2ccccc2C)cc1S(=O)(=O)NC1CCCCC1C. The average Bonchev–Trinajstić information content (AvgIpc) is 2.81. The molecular formula is C25H32N2O6S. The highest BCUT2D eigenvalue weighted by molar-refractivity contribution is 7.89. The molecule has 0 radical (unpaired) electrons. The smallest absolute Gasteiger partial charge is 0.338 e. The van der Waals surface area contributed by atoms with Gasteiger partial charge in [-0.3, -0.25) is 4.79 Å². The van der Waals surface area contributed by atoms with Gasteiger partial charge < -0.3 is 14.8 Å². The van der Waals surface area contributed by atoms with Gasteiger partial charge in [-0.1, -0.05) is 38.0 Å². The zero-order chi connectivity index (χ0) is 24.9. The van der Waals surface area contributed by atoms with E-state index < -0.39 is 28.0 Å². The van der Waals surface area contributed by atoms with Gasteiger partial charge in [0, 0.05) is 11.7 Å². The van der Waals surface area contributed by atoms with Gasteiger partial charge in [0.25, 0.3) is 5.91 Å². The van der Waals surface area contributed by atoms with Gasteiger partial charge >= 0.3 is 5.97 Å². The van der Waals surface area contributed by atoms with Crippen molar-refractivity contribution in [2.24, 2.45) is 5.92 Å². The molecule has 1 fully saturated rings. The minimum absolute atomic E-state index is 0.00779. The number of amides is 1. The first kappa shape index (κ1) is 25.7. The second kappa shape index (κ2) is 11.0. The minimum Gasteiger partial charge on any atom is -0.495 e. The van der Waals surface area contributed by atoms with Crippen molar-refractivity contribution in [3.8, 4) is 5.75 Å². The fraction of sp³-hybridized carbons (Fsp3) is 0.440. The predicted octanol–water partition coefficient (Wildman–Crippen LogP) is 4.04. The summed E-state index contributed by atoms with van der Waals surface area (Å²) < 4.78 is 39.6. The molecule has 0 heterocycles. The molecule has 8 nitrogen and oxygen atoms in total. The number of methoxy groups -OCH3 is 1. The number of hydrogen-bond acceptors (Lipinski definition) is 6. The molecule has 2 N–H and O–H groups in total. The van der Waals surface area contributed by atoms with E-state index in [-0.39, 0.29) is 28.2 Å². The van der Waals surface area contributed by atoms with Gasteiger partial charge in [0.05, 0.1) is 12.7 Å². The molecule has 0 spiro atoms. The molecular weight excluding hydrogens is 456 g/mol. The Kier molecular flexibility index (Phi) is 8.33. The number of sulfonamides is 1. The number of nitrogens with one attached hydrogen (secondary N) is 2. The maximum Gasteiger partial charge on any atom is 0.338 e. The number of esters is 1. The van der Waals surface area contributed by atoms with Gasteiger partial charge in [-0.25, -0.2) is 17.9 Å². The number of para-hydroxylation sites is 1. The van der Waals surface area contributed by atoms with Gasteiger partial charge in [-0.2, -0.15) is 0 Å². The van der Waals surface area contributed by atoms with Crippen LogP contribution < -0.4 is 14.8 Å². The molecule has 3 atom stereocenters. The van der Waals surface area contributed by atoms with Crippen molar-refractivity contribution in [3.63, 3.8) is 0 Å². The predicted molar refractivity (Wildman–Crippen MR) is 129 cm³/mol. The highest BCUT2D eigenvalue weighted by atomic mass is 32.2. The summed E-state index contributed by atoms with van der Waals surface area (Å²) in [5.74, 6) is -0.956. The Morgan fingerprint density at radius 1 is 1.09 bits per heavy atom. The molecule has 0 bridgehead atoms. The minimum atomic E-state index is -3.94. The van der Waals surface area contributed by atoms with Crippen LogP contribution in [0.25, 0.3) is 0 Å².